The van der Waals surface area contributed by atoms with E-state index in [1.807, 2.05) is 72.8 Å². The lowest BCUT2D eigenvalue weighted by atomic mass is 9.88. The molecule has 0 unspecified atom stereocenters. The van der Waals surface area contributed by atoms with Gasteiger partial charge in [-0.1, -0.05) is 111 Å². The highest BCUT2D eigenvalue weighted by Gasteiger charge is 2.28. The van der Waals surface area contributed by atoms with Crippen molar-refractivity contribution in [2.24, 2.45) is 0 Å². The second-order valence-electron chi connectivity index (χ2n) is 16.1. The maximum absolute atomic E-state index is 14.9. The number of rotatable bonds is 7. The molecule has 0 aliphatic heterocycles. The zero-order valence-corrected chi connectivity index (χ0v) is 33.3. The molecular formula is C55H36F2N2O2. The van der Waals surface area contributed by atoms with Gasteiger partial charge in [0.05, 0.1) is 22.7 Å². The number of benzene rings is 10. The van der Waals surface area contributed by atoms with Crippen LogP contribution in [0.15, 0.2) is 185 Å². The van der Waals surface area contributed by atoms with Crippen molar-refractivity contribution >= 4 is 110 Å². The Kier molecular flexibility index (Phi) is 7.75. The van der Waals surface area contributed by atoms with Gasteiger partial charge in [0.15, 0.2) is 11.2 Å². The van der Waals surface area contributed by atoms with E-state index in [4.69, 9.17) is 8.83 Å². The first-order valence-corrected chi connectivity index (χ1v) is 20.6. The van der Waals surface area contributed by atoms with Gasteiger partial charge >= 0.3 is 0 Å². The van der Waals surface area contributed by atoms with Gasteiger partial charge in [-0.15, -0.1) is 0 Å². The fourth-order valence-electron chi connectivity index (χ4n) is 9.42. The lowest BCUT2D eigenvalue weighted by molar-refractivity contribution is 0.627. The van der Waals surface area contributed by atoms with Crippen LogP contribution in [0.25, 0.3) is 76.2 Å². The van der Waals surface area contributed by atoms with Crippen molar-refractivity contribution in [1.29, 1.82) is 0 Å². The molecule has 0 N–H and O–H groups in total. The SMILES string of the molecule is CC(C)c1cc2ccc3c(N(c4ccc(F)cc4)c4cccc5c4oc4ccccc45)cc(N(c4ccc(F)cc4)c4cccc5c4oc4ccccc45)c4ccc(c1)c2c34. The quantitative estimate of drug-likeness (QED) is 0.150. The fourth-order valence-corrected chi connectivity index (χ4v) is 9.42. The molecule has 4 nitrogen and oxygen atoms in total. The van der Waals surface area contributed by atoms with Gasteiger partial charge in [0, 0.05) is 49.1 Å². The van der Waals surface area contributed by atoms with E-state index in [1.54, 1.807) is 0 Å². The summed E-state index contributed by atoms with van der Waals surface area (Å²) in [6.07, 6.45) is 0. The lowest BCUT2D eigenvalue weighted by Crippen LogP contribution is -2.15. The average Bonchev–Trinajstić information content (AvgIpc) is 3.87. The summed E-state index contributed by atoms with van der Waals surface area (Å²) in [7, 11) is 0. The largest absolute Gasteiger partial charge is 0.454 e. The van der Waals surface area contributed by atoms with Crippen LogP contribution >= 0.6 is 0 Å². The molecule has 0 aliphatic carbocycles. The van der Waals surface area contributed by atoms with Crippen LogP contribution in [-0.4, -0.2) is 0 Å². The minimum atomic E-state index is -0.330. The van der Waals surface area contributed by atoms with Gasteiger partial charge in [-0.25, -0.2) is 8.78 Å². The molecule has 12 aromatic rings. The molecule has 2 heterocycles. The molecule has 12 rings (SSSR count). The number of hydrogen-bond donors (Lipinski definition) is 0. The third-order valence-corrected chi connectivity index (χ3v) is 12.3. The van der Waals surface area contributed by atoms with E-state index in [0.29, 0.717) is 17.1 Å². The van der Waals surface area contributed by atoms with Crippen LogP contribution < -0.4 is 9.80 Å². The van der Waals surface area contributed by atoms with Crippen molar-refractivity contribution in [2.75, 3.05) is 9.80 Å². The topological polar surface area (TPSA) is 32.8 Å². The minimum Gasteiger partial charge on any atom is -0.454 e. The van der Waals surface area contributed by atoms with Crippen molar-refractivity contribution < 1.29 is 17.6 Å². The van der Waals surface area contributed by atoms with Crippen molar-refractivity contribution in [1.82, 2.24) is 0 Å². The number of hydrogen-bond acceptors (Lipinski definition) is 4. The molecule has 0 saturated heterocycles. The van der Waals surface area contributed by atoms with Crippen LogP contribution in [0.2, 0.25) is 0 Å². The predicted molar refractivity (Wildman–Crippen MR) is 248 cm³/mol. The Morgan fingerprint density at radius 2 is 0.836 bits per heavy atom. The van der Waals surface area contributed by atoms with Gasteiger partial charge in [0.25, 0.3) is 0 Å². The van der Waals surface area contributed by atoms with Crippen molar-refractivity contribution in [3.63, 3.8) is 0 Å². The molecule has 0 fully saturated rings. The Balaban J connectivity index is 1.25. The maximum Gasteiger partial charge on any atom is 0.159 e. The molecule has 0 saturated carbocycles. The van der Waals surface area contributed by atoms with E-state index < -0.39 is 0 Å². The van der Waals surface area contributed by atoms with Crippen LogP contribution in [0.1, 0.15) is 25.3 Å². The first-order valence-electron chi connectivity index (χ1n) is 20.6. The van der Waals surface area contributed by atoms with Gasteiger partial charge in [0.1, 0.15) is 22.8 Å². The summed E-state index contributed by atoms with van der Waals surface area (Å²) in [5.41, 5.74) is 9.07. The fraction of sp³-hybridized carbons (Fsp3) is 0.0545. The summed E-state index contributed by atoms with van der Waals surface area (Å²) in [6, 6.07) is 57.4. The number of halogens is 2. The Morgan fingerprint density at radius 1 is 0.393 bits per heavy atom. The average molecular weight is 795 g/mol. The second kappa shape index (κ2) is 13.4. The molecular weight excluding hydrogens is 759 g/mol. The summed E-state index contributed by atoms with van der Waals surface area (Å²) in [5, 5.41) is 10.5. The summed E-state index contributed by atoms with van der Waals surface area (Å²) in [5.74, 6) is -0.322. The molecule has 292 valence electrons. The van der Waals surface area contributed by atoms with E-state index in [1.165, 1.54) is 29.8 Å². The van der Waals surface area contributed by atoms with Crippen LogP contribution in [0.5, 0.6) is 0 Å². The van der Waals surface area contributed by atoms with Gasteiger partial charge in [-0.2, -0.15) is 0 Å². The van der Waals surface area contributed by atoms with Crippen LogP contribution in [0, 0.1) is 11.6 Å². The smallest absolute Gasteiger partial charge is 0.159 e. The first kappa shape index (κ1) is 35.3. The monoisotopic (exact) mass is 794 g/mol. The van der Waals surface area contributed by atoms with E-state index in [9.17, 15) is 8.78 Å². The minimum absolute atomic E-state index is 0.330. The van der Waals surface area contributed by atoms with Crippen LogP contribution in [0.3, 0.4) is 0 Å². The molecule has 2 aromatic heterocycles. The normalized spacial score (nSPS) is 12.1. The lowest BCUT2D eigenvalue weighted by Gasteiger charge is -2.32. The van der Waals surface area contributed by atoms with Crippen LogP contribution in [-0.2, 0) is 0 Å². The van der Waals surface area contributed by atoms with Crippen molar-refractivity contribution in [2.45, 2.75) is 19.8 Å². The van der Waals surface area contributed by atoms with E-state index in [-0.39, 0.29) is 11.6 Å². The van der Waals surface area contributed by atoms with E-state index in [2.05, 4.69) is 103 Å². The summed E-state index contributed by atoms with van der Waals surface area (Å²) < 4.78 is 43.2. The molecule has 0 spiro atoms. The Bertz CT molecular complexity index is 3430. The predicted octanol–water partition coefficient (Wildman–Crippen LogP) is 16.7. The number of furan rings is 2. The van der Waals surface area contributed by atoms with Crippen LogP contribution in [0.4, 0.5) is 42.9 Å². The zero-order chi connectivity index (χ0) is 40.9. The maximum atomic E-state index is 14.9. The Hall–Kier alpha value is -7.70. The highest BCUT2D eigenvalue weighted by Crippen LogP contribution is 2.53. The highest BCUT2D eigenvalue weighted by atomic mass is 19.1. The van der Waals surface area contributed by atoms with E-state index in [0.717, 1.165) is 99.2 Å². The molecule has 0 aliphatic rings. The first-order chi connectivity index (χ1) is 29.9. The molecule has 0 atom stereocenters. The van der Waals surface area contributed by atoms with Gasteiger partial charge in [-0.05, 0) is 107 Å². The second-order valence-corrected chi connectivity index (χ2v) is 16.1. The van der Waals surface area contributed by atoms with Crippen molar-refractivity contribution in [3.05, 3.63) is 193 Å². The number of nitrogens with zero attached hydrogens (tertiary/aromatic N) is 2. The Labute approximate surface area is 349 Å². The molecule has 0 amide bonds. The van der Waals surface area contributed by atoms with Gasteiger partial charge in [0.2, 0.25) is 0 Å². The molecule has 10 aromatic carbocycles. The van der Waals surface area contributed by atoms with Gasteiger partial charge < -0.3 is 18.6 Å². The summed E-state index contributed by atoms with van der Waals surface area (Å²) in [6.45, 7) is 4.45. The third kappa shape index (κ3) is 5.42. The molecule has 61 heavy (non-hydrogen) atoms. The van der Waals surface area contributed by atoms with E-state index >= 15 is 0 Å². The van der Waals surface area contributed by atoms with Gasteiger partial charge in [-0.3, -0.25) is 0 Å². The molecule has 6 heteroatoms. The number of anilines is 6. The number of fused-ring (bicyclic) bond motifs is 6. The molecule has 0 bridgehead atoms. The summed E-state index contributed by atoms with van der Waals surface area (Å²) >= 11 is 0. The Morgan fingerprint density at radius 3 is 1.30 bits per heavy atom. The standard InChI is InChI=1S/C55H36F2N2O2/c1-32(2)35-29-33-17-27-44-48(58(38-23-19-36(56)20-24-38)46-13-7-11-42-40-9-3-5-15-50(40)60-54(42)46)31-49(45-28-18-34(30-35)52(33)53(44)45)59(39-25-21-37(57)22-26-39)47-14-8-12-43-41-10-4-6-16-51(41)61-55(43)47/h3-32H,1-2H3. The van der Waals surface area contributed by atoms with Crippen molar-refractivity contribution in [3.8, 4) is 0 Å². The number of para-hydroxylation sites is 4. The third-order valence-electron chi connectivity index (χ3n) is 12.3. The zero-order valence-electron chi connectivity index (χ0n) is 33.3. The highest BCUT2D eigenvalue weighted by molar-refractivity contribution is 6.29. The summed E-state index contributed by atoms with van der Waals surface area (Å²) in [4.78, 5) is 4.37. The molecule has 0 radical (unpaired) electrons.